The summed E-state index contributed by atoms with van der Waals surface area (Å²) in [4.78, 5) is 16.1. The van der Waals surface area contributed by atoms with E-state index in [1.54, 1.807) is 31.4 Å². The number of phenolic OH excluding ortho intramolecular Hbond substituents is 1. The van der Waals surface area contributed by atoms with Crippen molar-refractivity contribution in [3.63, 3.8) is 0 Å². The van der Waals surface area contributed by atoms with Crippen LogP contribution in [0.25, 0.3) is 11.3 Å². The van der Waals surface area contributed by atoms with Crippen molar-refractivity contribution in [2.24, 2.45) is 0 Å². The van der Waals surface area contributed by atoms with Gasteiger partial charge in [0.2, 0.25) is 0 Å². The van der Waals surface area contributed by atoms with E-state index in [9.17, 15) is 9.90 Å². The number of hydrogen-bond donors (Lipinski definition) is 2. The van der Waals surface area contributed by atoms with Crippen molar-refractivity contribution in [1.82, 2.24) is 4.98 Å². The summed E-state index contributed by atoms with van der Waals surface area (Å²) in [5.41, 5.74) is 1.33. The van der Waals surface area contributed by atoms with Gasteiger partial charge in [0.15, 0.2) is 5.76 Å². The third-order valence-corrected chi connectivity index (χ3v) is 3.20. The number of benzene rings is 2. The number of carbonyl (C=O) groups is 1. The van der Waals surface area contributed by atoms with E-state index in [-0.39, 0.29) is 11.6 Å². The zero-order valence-electron chi connectivity index (χ0n) is 12.3. The maximum absolute atomic E-state index is 12.1. The number of methoxy groups -OCH3 is 1. The predicted octanol–water partition coefficient (Wildman–Crippen LogP) is 3.31. The number of aromatic nitrogens is 1. The highest BCUT2D eigenvalue weighted by Gasteiger charge is 2.14. The number of nitrogens with one attached hydrogen (secondary N) is 1. The second-order valence-electron chi connectivity index (χ2n) is 4.76. The highest BCUT2D eigenvalue weighted by atomic mass is 16.5. The van der Waals surface area contributed by atoms with Gasteiger partial charge in [0, 0.05) is 11.3 Å². The van der Waals surface area contributed by atoms with E-state index in [1.165, 1.54) is 18.3 Å². The number of hydrogen-bond acceptors (Lipinski definition) is 5. The minimum Gasteiger partial charge on any atom is -0.508 e. The van der Waals surface area contributed by atoms with E-state index in [4.69, 9.17) is 9.15 Å². The van der Waals surface area contributed by atoms with Crippen molar-refractivity contribution in [2.75, 3.05) is 12.4 Å². The van der Waals surface area contributed by atoms with Crippen molar-refractivity contribution >= 4 is 11.6 Å². The number of oxazole rings is 1. The zero-order valence-corrected chi connectivity index (χ0v) is 12.3. The lowest BCUT2D eigenvalue weighted by atomic mass is 10.2. The van der Waals surface area contributed by atoms with Gasteiger partial charge in [0.1, 0.15) is 11.5 Å². The lowest BCUT2D eigenvalue weighted by Crippen LogP contribution is -2.11. The summed E-state index contributed by atoms with van der Waals surface area (Å²) >= 11 is 0. The van der Waals surface area contributed by atoms with Crippen LogP contribution in [0.15, 0.2) is 59.1 Å². The molecule has 116 valence electrons. The first kappa shape index (κ1) is 14.6. The van der Waals surface area contributed by atoms with Crippen molar-refractivity contribution < 1.29 is 19.1 Å². The molecule has 23 heavy (non-hydrogen) atoms. The Labute approximate surface area is 132 Å². The van der Waals surface area contributed by atoms with Crippen LogP contribution in [0.1, 0.15) is 10.7 Å². The van der Waals surface area contributed by atoms with E-state index in [0.29, 0.717) is 11.4 Å². The lowest BCUT2D eigenvalue weighted by Gasteiger charge is -2.02. The number of amides is 1. The van der Waals surface area contributed by atoms with Crippen LogP contribution in [0.4, 0.5) is 5.69 Å². The molecule has 0 atom stereocenters. The van der Waals surface area contributed by atoms with Gasteiger partial charge >= 0.3 is 5.91 Å². The molecule has 0 radical (unpaired) electrons. The van der Waals surface area contributed by atoms with E-state index < -0.39 is 5.91 Å². The van der Waals surface area contributed by atoms with Crippen LogP contribution in [-0.2, 0) is 0 Å². The smallest absolute Gasteiger partial charge is 0.311 e. The second-order valence-corrected chi connectivity index (χ2v) is 4.76. The Morgan fingerprint density at radius 3 is 2.48 bits per heavy atom. The van der Waals surface area contributed by atoms with Gasteiger partial charge in [-0.05, 0) is 48.5 Å². The normalized spacial score (nSPS) is 10.3. The first-order valence-electron chi connectivity index (χ1n) is 6.86. The monoisotopic (exact) mass is 310 g/mol. The molecule has 1 aromatic heterocycles. The first-order valence-corrected chi connectivity index (χ1v) is 6.86. The van der Waals surface area contributed by atoms with Crippen molar-refractivity contribution in [3.8, 4) is 22.8 Å². The van der Waals surface area contributed by atoms with Crippen LogP contribution < -0.4 is 10.1 Å². The quantitative estimate of drug-likeness (QED) is 0.722. The molecule has 1 amide bonds. The fourth-order valence-corrected chi connectivity index (χ4v) is 2.00. The Hall–Kier alpha value is -3.28. The number of rotatable bonds is 4. The number of carbonyl (C=O) groups excluding carboxylic acids is 1. The molecular weight excluding hydrogens is 296 g/mol. The van der Waals surface area contributed by atoms with Gasteiger partial charge in [-0.1, -0.05) is 0 Å². The van der Waals surface area contributed by atoms with Crippen LogP contribution in [0.3, 0.4) is 0 Å². The molecule has 2 aromatic carbocycles. The summed E-state index contributed by atoms with van der Waals surface area (Å²) in [5, 5.41) is 11.9. The van der Waals surface area contributed by atoms with Gasteiger partial charge in [0.25, 0.3) is 5.89 Å². The summed E-state index contributed by atoms with van der Waals surface area (Å²) in [5.74, 6) is 0.849. The highest BCUT2D eigenvalue weighted by Crippen LogP contribution is 2.23. The second kappa shape index (κ2) is 6.23. The number of anilines is 1. The van der Waals surface area contributed by atoms with Gasteiger partial charge < -0.3 is 19.6 Å². The molecule has 0 aliphatic rings. The third-order valence-electron chi connectivity index (χ3n) is 3.20. The summed E-state index contributed by atoms with van der Waals surface area (Å²) in [6.45, 7) is 0. The lowest BCUT2D eigenvalue weighted by molar-refractivity contribution is 0.0991. The first-order chi connectivity index (χ1) is 11.2. The number of ether oxygens (including phenoxy) is 1. The molecule has 0 saturated carbocycles. The summed E-state index contributed by atoms with van der Waals surface area (Å²) in [7, 11) is 1.59. The van der Waals surface area contributed by atoms with Gasteiger partial charge in [0.05, 0.1) is 13.3 Å². The van der Waals surface area contributed by atoms with Crippen LogP contribution in [0, 0.1) is 0 Å². The minimum absolute atomic E-state index is 0.0381. The molecule has 6 nitrogen and oxygen atoms in total. The van der Waals surface area contributed by atoms with E-state index in [0.717, 1.165) is 11.3 Å². The van der Waals surface area contributed by atoms with E-state index >= 15 is 0 Å². The van der Waals surface area contributed by atoms with Gasteiger partial charge in [-0.15, -0.1) is 0 Å². The molecule has 2 N–H and O–H groups in total. The Morgan fingerprint density at radius 1 is 1.13 bits per heavy atom. The maximum atomic E-state index is 12.1. The number of phenols is 1. The zero-order chi connectivity index (χ0) is 16.2. The summed E-state index contributed by atoms with van der Waals surface area (Å²) in [6, 6.07) is 13.4. The fraction of sp³-hybridized carbons (Fsp3) is 0.0588. The molecule has 0 aliphatic heterocycles. The topological polar surface area (TPSA) is 84.6 Å². The van der Waals surface area contributed by atoms with Crippen molar-refractivity contribution in [3.05, 3.63) is 60.6 Å². The summed E-state index contributed by atoms with van der Waals surface area (Å²) < 4.78 is 10.6. The van der Waals surface area contributed by atoms with Crippen LogP contribution in [-0.4, -0.2) is 23.1 Å². The molecule has 0 unspecified atom stereocenters. The standard InChI is InChI=1S/C17H14N2O4/c1-22-14-8-2-11(3-9-14)15-10-18-17(23-15)16(21)19-12-4-6-13(20)7-5-12/h2-10,20H,1H3,(H,19,21). The molecule has 3 rings (SSSR count). The number of aromatic hydroxyl groups is 1. The van der Waals surface area contributed by atoms with E-state index in [1.807, 2.05) is 12.1 Å². The molecular formula is C17H14N2O4. The highest BCUT2D eigenvalue weighted by molar-refractivity contribution is 6.01. The average molecular weight is 310 g/mol. The predicted molar refractivity (Wildman–Crippen MR) is 84.6 cm³/mol. The molecule has 0 spiro atoms. The molecule has 3 aromatic rings. The van der Waals surface area contributed by atoms with Crippen LogP contribution in [0.5, 0.6) is 11.5 Å². The van der Waals surface area contributed by atoms with Gasteiger partial charge in [-0.2, -0.15) is 0 Å². The molecule has 0 aliphatic carbocycles. The van der Waals surface area contributed by atoms with Crippen molar-refractivity contribution in [1.29, 1.82) is 0 Å². The SMILES string of the molecule is COc1ccc(-c2cnc(C(=O)Nc3ccc(O)cc3)o2)cc1. The minimum atomic E-state index is -0.463. The molecule has 6 heteroatoms. The Balaban J connectivity index is 1.75. The van der Waals surface area contributed by atoms with Gasteiger partial charge in [-0.3, -0.25) is 4.79 Å². The Bertz CT molecular complexity index is 807. The number of nitrogens with zero attached hydrogens (tertiary/aromatic N) is 1. The molecule has 0 bridgehead atoms. The molecule has 0 saturated heterocycles. The van der Waals surface area contributed by atoms with Crippen LogP contribution in [0.2, 0.25) is 0 Å². The maximum Gasteiger partial charge on any atom is 0.311 e. The van der Waals surface area contributed by atoms with Crippen LogP contribution >= 0.6 is 0 Å². The largest absolute Gasteiger partial charge is 0.508 e. The average Bonchev–Trinajstić information content (AvgIpc) is 3.07. The molecule has 0 fully saturated rings. The summed E-state index contributed by atoms with van der Waals surface area (Å²) in [6.07, 6.45) is 1.49. The fourth-order valence-electron chi connectivity index (χ4n) is 2.00. The van der Waals surface area contributed by atoms with E-state index in [2.05, 4.69) is 10.3 Å². The van der Waals surface area contributed by atoms with Gasteiger partial charge in [-0.25, -0.2) is 4.98 Å². The third kappa shape index (κ3) is 3.32. The Morgan fingerprint density at radius 2 is 1.83 bits per heavy atom. The van der Waals surface area contributed by atoms with Crippen molar-refractivity contribution in [2.45, 2.75) is 0 Å². The Kier molecular flexibility index (Phi) is 3.97. The molecule has 1 heterocycles.